The van der Waals surface area contributed by atoms with Crippen molar-refractivity contribution in [3.63, 3.8) is 0 Å². The smallest absolute Gasteiger partial charge is 0.305 e. The lowest BCUT2D eigenvalue weighted by atomic mass is 9.94. The van der Waals surface area contributed by atoms with E-state index in [-0.39, 0.29) is 6.07 Å². The van der Waals surface area contributed by atoms with E-state index in [4.69, 9.17) is 9.47 Å². The first-order valence-electron chi connectivity index (χ1n) is 14.0. The Morgan fingerprint density at radius 1 is 1.07 bits per heavy atom. The lowest BCUT2D eigenvalue weighted by Crippen LogP contribution is -2.60. The normalized spacial score (nSPS) is 18.1. The van der Waals surface area contributed by atoms with Gasteiger partial charge in [0.1, 0.15) is 18.3 Å². The number of carbonyl (C=O) groups is 3. The molecule has 0 radical (unpaired) electrons. The van der Waals surface area contributed by atoms with Crippen molar-refractivity contribution in [3.8, 4) is 17.0 Å². The van der Waals surface area contributed by atoms with E-state index < -0.39 is 83.4 Å². The van der Waals surface area contributed by atoms with E-state index in [0.29, 0.717) is 18.7 Å². The number of rotatable bonds is 13. The van der Waals surface area contributed by atoms with Crippen LogP contribution in [-0.4, -0.2) is 58.3 Å². The summed E-state index contributed by atoms with van der Waals surface area (Å²) < 4.78 is 66.0. The topological polar surface area (TPSA) is 143 Å². The van der Waals surface area contributed by atoms with Crippen LogP contribution in [0.1, 0.15) is 45.2 Å². The van der Waals surface area contributed by atoms with Gasteiger partial charge in [-0.05, 0) is 36.8 Å². The monoisotopic (exact) mass is 620 g/mol. The van der Waals surface area contributed by atoms with E-state index >= 15 is 0 Å². The number of benzene rings is 2. The molecule has 1 aromatic heterocycles. The Bertz CT molecular complexity index is 1470. The number of aromatic amines is 1. The third-order valence-corrected chi connectivity index (χ3v) is 7.20. The molecular weight excluding hydrogens is 588 g/mol. The maximum Gasteiger partial charge on any atom is 0.305 e. The standard InChI is InChI=1S/C30H32F4N4O6/c1-16(2)27(36-30(10-6-7-11-44-30)23-13-20(37-38-23)17-8-4-3-5-9-17)29(42)35-21(14-24(40)41)22(39)15-43-28-25(33)18(31)12-19(32)26(28)34/h3-5,8-9,12-13,16,21,27,36H,6-7,10-11,14-15H2,1-2H3,(H,35,42)(H,37,38)(H,40,41)/t21-,27-,30?/m0/s1. The zero-order chi connectivity index (χ0) is 32.0. The molecule has 2 aromatic carbocycles. The number of halogens is 4. The Kier molecular flexibility index (Phi) is 10.4. The van der Waals surface area contributed by atoms with Crippen LogP contribution < -0.4 is 15.4 Å². The fraction of sp³-hybridized carbons (Fsp3) is 0.400. The Hall–Kier alpha value is -4.30. The van der Waals surface area contributed by atoms with Gasteiger partial charge in [-0.2, -0.15) is 13.9 Å². The first-order chi connectivity index (χ1) is 20.9. The van der Waals surface area contributed by atoms with Gasteiger partial charge in [0.25, 0.3) is 0 Å². The number of aromatic nitrogens is 2. The molecule has 1 unspecified atom stereocenters. The molecule has 44 heavy (non-hydrogen) atoms. The number of H-pyrrole nitrogens is 1. The number of nitrogens with zero attached hydrogens (tertiary/aromatic N) is 1. The largest absolute Gasteiger partial charge is 0.481 e. The molecule has 1 amide bonds. The van der Waals surface area contributed by atoms with E-state index in [1.54, 1.807) is 13.8 Å². The van der Waals surface area contributed by atoms with Crippen molar-refractivity contribution in [2.45, 2.75) is 57.3 Å². The Labute approximate surface area is 250 Å². The number of aliphatic carboxylic acids is 1. The van der Waals surface area contributed by atoms with E-state index in [1.807, 2.05) is 36.4 Å². The number of amides is 1. The van der Waals surface area contributed by atoms with Crippen LogP contribution in [0, 0.1) is 29.2 Å². The van der Waals surface area contributed by atoms with Crippen LogP contribution in [0.4, 0.5) is 17.6 Å². The van der Waals surface area contributed by atoms with Crippen LogP contribution in [0.15, 0.2) is 42.5 Å². The molecule has 1 fully saturated rings. The average molecular weight is 621 g/mol. The van der Waals surface area contributed by atoms with E-state index in [9.17, 15) is 37.1 Å². The number of carbonyl (C=O) groups excluding carboxylic acids is 2. The summed E-state index contributed by atoms with van der Waals surface area (Å²) in [5, 5.41) is 22.4. The number of Topliss-reactive ketones (excluding diaryl/α,β-unsaturated/α-hetero) is 1. The third-order valence-electron chi connectivity index (χ3n) is 7.20. The molecule has 3 atom stereocenters. The summed E-state index contributed by atoms with van der Waals surface area (Å²) in [6.07, 6.45) is 1.08. The molecule has 0 aliphatic carbocycles. The minimum Gasteiger partial charge on any atom is -0.481 e. The molecule has 14 heteroatoms. The van der Waals surface area contributed by atoms with Crippen LogP contribution in [-0.2, 0) is 24.8 Å². The second-order valence-electron chi connectivity index (χ2n) is 10.7. The molecular formula is C30H32F4N4O6. The van der Waals surface area contributed by atoms with E-state index in [0.717, 1.165) is 24.1 Å². The minimum atomic E-state index is -1.87. The van der Waals surface area contributed by atoms with Gasteiger partial charge < -0.3 is 19.9 Å². The number of carboxylic acid groups (broad SMARTS) is 1. The maximum absolute atomic E-state index is 14.0. The van der Waals surface area contributed by atoms with Crippen LogP contribution in [0.25, 0.3) is 11.3 Å². The summed E-state index contributed by atoms with van der Waals surface area (Å²) in [7, 11) is 0. The molecule has 1 saturated heterocycles. The Morgan fingerprint density at radius 2 is 1.75 bits per heavy atom. The second-order valence-corrected chi connectivity index (χ2v) is 10.7. The number of hydrogen-bond donors (Lipinski definition) is 4. The summed E-state index contributed by atoms with van der Waals surface area (Å²) in [6, 6.07) is 8.50. The van der Waals surface area contributed by atoms with Crippen LogP contribution in [0.3, 0.4) is 0 Å². The van der Waals surface area contributed by atoms with Crippen molar-refractivity contribution in [1.29, 1.82) is 0 Å². The van der Waals surface area contributed by atoms with Gasteiger partial charge in [-0.3, -0.25) is 24.8 Å². The molecule has 0 bridgehead atoms. The number of nitrogens with one attached hydrogen (secondary N) is 3. The highest BCUT2D eigenvalue weighted by Crippen LogP contribution is 2.35. The third kappa shape index (κ3) is 7.42. The van der Waals surface area contributed by atoms with Crippen molar-refractivity contribution in [3.05, 3.63) is 71.4 Å². The van der Waals surface area contributed by atoms with Crippen molar-refractivity contribution in [2.75, 3.05) is 13.2 Å². The predicted molar refractivity (Wildman–Crippen MR) is 148 cm³/mol. The molecule has 0 spiro atoms. The van der Waals surface area contributed by atoms with Crippen LogP contribution >= 0.6 is 0 Å². The summed E-state index contributed by atoms with van der Waals surface area (Å²) in [4.78, 5) is 38.0. The van der Waals surface area contributed by atoms with Gasteiger partial charge in [0, 0.05) is 12.7 Å². The first-order valence-corrected chi connectivity index (χ1v) is 14.0. The zero-order valence-corrected chi connectivity index (χ0v) is 24.0. The molecule has 236 valence electrons. The lowest BCUT2D eigenvalue weighted by Gasteiger charge is -2.40. The van der Waals surface area contributed by atoms with Gasteiger partial charge in [-0.25, -0.2) is 8.78 Å². The number of ketones is 1. The van der Waals surface area contributed by atoms with E-state index in [2.05, 4.69) is 20.8 Å². The van der Waals surface area contributed by atoms with Crippen molar-refractivity contribution in [1.82, 2.24) is 20.8 Å². The summed E-state index contributed by atoms with van der Waals surface area (Å²) in [5.41, 5.74) is 0.903. The first kappa shape index (κ1) is 32.6. The second kappa shape index (κ2) is 14.0. The quantitative estimate of drug-likeness (QED) is 0.165. The van der Waals surface area contributed by atoms with Gasteiger partial charge >= 0.3 is 5.97 Å². The molecule has 1 aliphatic rings. The molecule has 0 saturated carbocycles. The number of carboxylic acids is 1. The highest BCUT2D eigenvalue weighted by atomic mass is 19.2. The Balaban J connectivity index is 1.54. The highest BCUT2D eigenvalue weighted by Gasteiger charge is 2.42. The van der Waals surface area contributed by atoms with Crippen molar-refractivity contribution in [2.24, 2.45) is 5.92 Å². The molecule has 1 aliphatic heterocycles. The van der Waals surface area contributed by atoms with Gasteiger partial charge in [0.05, 0.1) is 18.2 Å². The van der Waals surface area contributed by atoms with Gasteiger partial charge in [-0.15, -0.1) is 0 Å². The van der Waals surface area contributed by atoms with Crippen molar-refractivity contribution < 1.29 is 46.5 Å². The number of hydrogen-bond acceptors (Lipinski definition) is 7. The van der Waals surface area contributed by atoms with Crippen LogP contribution in [0.2, 0.25) is 0 Å². The number of ether oxygens (including phenoxy) is 2. The summed E-state index contributed by atoms with van der Waals surface area (Å²) in [5.74, 6) is -12.5. The van der Waals surface area contributed by atoms with Gasteiger partial charge in [0.15, 0.2) is 28.9 Å². The summed E-state index contributed by atoms with van der Waals surface area (Å²) >= 11 is 0. The summed E-state index contributed by atoms with van der Waals surface area (Å²) in [6.45, 7) is 2.65. The van der Waals surface area contributed by atoms with Gasteiger partial charge in [0.2, 0.25) is 17.5 Å². The average Bonchev–Trinajstić information content (AvgIpc) is 3.50. The van der Waals surface area contributed by atoms with Crippen LogP contribution in [0.5, 0.6) is 5.75 Å². The Morgan fingerprint density at radius 3 is 2.34 bits per heavy atom. The maximum atomic E-state index is 14.0. The predicted octanol–water partition coefficient (Wildman–Crippen LogP) is 4.21. The highest BCUT2D eigenvalue weighted by molar-refractivity contribution is 5.94. The van der Waals surface area contributed by atoms with Gasteiger partial charge in [-0.1, -0.05) is 44.2 Å². The zero-order valence-electron chi connectivity index (χ0n) is 24.0. The molecule has 10 nitrogen and oxygen atoms in total. The van der Waals surface area contributed by atoms with Crippen molar-refractivity contribution >= 4 is 17.7 Å². The SMILES string of the molecule is CC(C)[C@H](NC1(c2cc(-c3ccccc3)[nH]n2)CCCCO1)C(=O)N[C@@H](CC(=O)O)C(=O)COc1c(F)c(F)cc(F)c1F. The molecule has 4 rings (SSSR count). The molecule has 3 aromatic rings. The minimum absolute atomic E-state index is 0.0277. The van der Waals surface area contributed by atoms with E-state index in [1.165, 1.54) is 0 Å². The fourth-order valence-electron chi connectivity index (χ4n) is 4.87. The fourth-order valence-corrected chi connectivity index (χ4v) is 4.87. The molecule has 4 N–H and O–H groups in total. The molecule has 2 heterocycles. The lowest BCUT2D eigenvalue weighted by molar-refractivity contribution is -0.144.